The Morgan fingerprint density at radius 2 is 2.00 bits per heavy atom. The molecule has 0 unspecified atom stereocenters. The number of hydrogen-bond acceptors (Lipinski definition) is 5. The van der Waals surface area contributed by atoms with Gasteiger partial charge in [-0.05, 0) is 32.4 Å². The molecule has 124 valence electrons. The van der Waals surface area contributed by atoms with Crippen LogP contribution in [0.1, 0.15) is 24.1 Å². The lowest BCUT2D eigenvalue weighted by molar-refractivity contribution is 0.0821. The van der Waals surface area contributed by atoms with Crippen molar-refractivity contribution < 1.29 is 5.11 Å². The smallest absolute Gasteiger partial charge is 0.123 e. The van der Waals surface area contributed by atoms with Gasteiger partial charge in [-0.25, -0.2) is 4.98 Å². The minimum atomic E-state index is -0.0745. The Labute approximate surface area is 142 Å². The van der Waals surface area contributed by atoms with Gasteiger partial charge in [-0.3, -0.25) is 0 Å². The highest BCUT2D eigenvalue weighted by Crippen LogP contribution is 2.24. The van der Waals surface area contributed by atoms with Crippen molar-refractivity contribution in [2.24, 2.45) is 0 Å². The van der Waals surface area contributed by atoms with Gasteiger partial charge in [-0.15, -0.1) is 11.3 Å². The van der Waals surface area contributed by atoms with Gasteiger partial charge < -0.3 is 15.3 Å². The molecule has 0 amide bonds. The highest BCUT2D eigenvalue weighted by molar-refractivity contribution is 7.15. The van der Waals surface area contributed by atoms with Crippen molar-refractivity contribution in [1.82, 2.24) is 15.2 Å². The Kier molecular flexibility index (Phi) is 6.16. The van der Waals surface area contributed by atoms with Gasteiger partial charge in [0.1, 0.15) is 5.01 Å². The van der Waals surface area contributed by atoms with Crippen LogP contribution < -0.4 is 5.32 Å². The minimum absolute atomic E-state index is 0.0745. The molecule has 3 rings (SSSR count). The molecule has 2 aromatic rings. The van der Waals surface area contributed by atoms with Gasteiger partial charge in [0, 0.05) is 36.3 Å². The third-order valence-corrected chi connectivity index (χ3v) is 5.30. The lowest BCUT2D eigenvalue weighted by Crippen LogP contribution is -2.37. The van der Waals surface area contributed by atoms with Crippen LogP contribution in [0.3, 0.4) is 0 Å². The Morgan fingerprint density at radius 1 is 1.22 bits per heavy atom. The summed E-state index contributed by atoms with van der Waals surface area (Å²) >= 11 is 1.76. The maximum absolute atomic E-state index is 9.50. The van der Waals surface area contributed by atoms with Crippen LogP contribution in [0.4, 0.5) is 0 Å². The van der Waals surface area contributed by atoms with Gasteiger partial charge in [-0.1, -0.05) is 30.3 Å². The van der Waals surface area contributed by atoms with E-state index in [4.69, 9.17) is 0 Å². The molecule has 0 spiro atoms. The van der Waals surface area contributed by atoms with E-state index in [-0.39, 0.29) is 6.10 Å². The number of likely N-dealkylation sites (tertiary alicyclic amines) is 1. The van der Waals surface area contributed by atoms with Crippen LogP contribution in [-0.4, -0.2) is 47.3 Å². The fourth-order valence-corrected chi connectivity index (χ4v) is 3.77. The maximum Gasteiger partial charge on any atom is 0.123 e. The predicted octanol–water partition coefficient (Wildman–Crippen LogP) is 2.75. The summed E-state index contributed by atoms with van der Waals surface area (Å²) in [5.74, 6) is 0. The molecule has 0 aliphatic carbocycles. The van der Waals surface area contributed by atoms with E-state index in [2.05, 4.69) is 27.3 Å². The normalized spacial score (nSPS) is 16.7. The number of nitrogens with one attached hydrogen (secondary N) is 1. The lowest BCUT2D eigenvalue weighted by Gasteiger charge is -2.29. The number of aliphatic hydroxyl groups is 1. The summed E-state index contributed by atoms with van der Waals surface area (Å²) in [4.78, 5) is 8.25. The monoisotopic (exact) mass is 331 g/mol. The molecular formula is C18H25N3OS. The van der Waals surface area contributed by atoms with E-state index in [0.717, 1.165) is 57.0 Å². The standard InChI is InChI=1S/C18H25N3OS/c22-16-7-11-21(12-8-16)10-4-9-19-13-17-14-20-18(23-17)15-5-2-1-3-6-15/h1-3,5-6,14,16,19,22H,4,7-13H2. The van der Waals surface area contributed by atoms with E-state index in [1.54, 1.807) is 11.3 Å². The molecule has 5 heteroatoms. The topological polar surface area (TPSA) is 48.4 Å². The number of piperidine rings is 1. The van der Waals surface area contributed by atoms with Crippen molar-refractivity contribution in [3.05, 3.63) is 41.4 Å². The number of aliphatic hydroxyl groups excluding tert-OH is 1. The third-order valence-electron chi connectivity index (χ3n) is 4.26. The number of hydrogen-bond donors (Lipinski definition) is 2. The second-order valence-electron chi connectivity index (χ2n) is 6.10. The van der Waals surface area contributed by atoms with E-state index >= 15 is 0 Å². The van der Waals surface area contributed by atoms with Crippen molar-refractivity contribution >= 4 is 11.3 Å². The van der Waals surface area contributed by atoms with Crippen LogP contribution in [0.15, 0.2) is 36.5 Å². The first kappa shape index (κ1) is 16.6. The number of thiazole rings is 1. The molecule has 23 heavy (non-hydrogen) atoms. The summed E-state index contributed by atoms with van der Waals surface area (Å²) in [6.07, 6.45) is 4.91. The van der Waals surface area contributed by atoms with Gasteiger partial charge in [0.25, 0.3) is 0 Å². The van der Waals surface area contributed by atoms with Gasteiger partial charge in [0.05, 0.1) is 6.10 Å². The summed E-state index contributed by atoms with van der Waals surface area (Å²) in [6.45, 7) is 5.12. The summed E-state index contributed by atoms with van der Waals surface area (Å²) < 4.78 is 0. The first-order valence-electron chi connectivity index (χ1n) is 8.42. The fourth-order valence-electron chi connectivity index (χ4n) is 2.89. The average molecular weight is 331 g/mol. The molecule has 0 saturated carbocycles. The summed E-state index contributed by atoms with van der Waals surface area (Å²) in [5, 5.41) is 14.1. The second-order valence-corrected chi connectivity index (χ2v) is 7.22. The van der Waals surface area contributed by atoms with E-state index in [0.29, 0.717) is 0 Å². The molecule has 4 nitrogen and oxygen atoms in total. The van der Waals surface area contributed by atoms with Crippen LogP contribution in [0.2, 0.25) is 0 Å². The Balaban J connectivity index is 1.34. The third kappa shape index (κ3) is 5.11. The van der Waals surface area contributed by atoms with Crippen molar-refractivity contribution in [1.29, 1.82) is 0 Å². The first-order chi connectivity index (χ1) is 11.3. The zero-order valence-electron chi connectivity index (χ0n) is 13.4. The predicted molar refractivity (Wildman–Crippen MR) is 95.6 cm³/mol. The van der Waals surface area contributed by atoms with Crippen molar-refractivity contribution in [2.75, 3.05) is 26.2 Å². The SMILES string of the molecule is OC1CCN(CCCNCc2cnc(-c3ccccc3)s2)CC1. The van der Waals surface area contributed by atoms with E-state index in [1.165, 1.54) is 10.4 Å². The number of benzene rings is 1. The molecule has 0 atom stereocenters. The number of aromatic nitrogens is 1. The Bertz CT molecular complexity index is 579. The molecule has 1 saturated heterocycles. The molecule has 1 aromatic carbocycles. The van der Waals surface area contributed by atoms with Crippen molar-refractivity contribution in [2.45, 2.75) is 31.9 Å². The van der Waals surface area contributed by atoms with Gasteiger partial charge >= 0.3 is 0 Å². The van der Waals surface area contributed by atoms with Crippen LogP contribution in [0.5, 0.6) is 0 Å². The largest absolute Gasteiger partial charge is 0.393 e. The highest BCUT2D eigenvalue weighted by atomic mass is 32.1. The molecule has 0 bridgehead atoms. The Morgan fingerprint density at radius 3 is 2.78 bits per heavy atom. The van der Waals surface area contributed by atoms with Crippen LogP contribution in [0, 0.1) is 0 Å². The number of nitrogens with zero attached hydrogens (tertiary/aromatic N) is 2. The molecule has 1 aromatic heterocycles. The van der Waals surface area contributed by atoms with E-state index < -0.39 is 0 Å². The molecule has 2 heterocycles. The molecule has 1 aliphatic heterocycles. The molecule has 1 aliphatic rings. The lowest BCUT2D eigenvalue weighted by atomic mass is 10.1. The van der Waals surface area contributed by atoms with Gasteiger partial charge in [0.15, 0.2) is 0 Å². The summed E-state index contributed by atoms with van der Waals surface area (Å²) in [6, 6.07) is 10.3. The van der Waals surface area contributed by atoms with Crippen molar-refractivity contribution in [3.63, 3.8) is 0 Å². The van der Waals surface area contributed by atoms with Crippen LogP contribution >= 0.6 is 11.3 Å². The van der Waals surface area contributed by atoms with Crippen LogP contribution in [-0.2, 0) is 6.54 Å². The average Bonchev–Trinajstić information content (AvgIpc) is 3.06. The van der Waals surface area contributed by atoms with Gasteiger partial charge in [0.2, 0.25) is 0 Å². The highest BCUT2D eigenvalue weighted by Gasteiger charge is 2.15. The molecule has 1 fully saturated rings. The minimum Gasteiger partial charge on any atom is -0.393 e. The van der Waals surface area contributed by atoms with E-state index in [1.807, 2.05) is 24.4 Å². The molecule has 2 N–H and O–H groups in total. The summed E-state index contributed by atoms with van der Waals surface area (Å²) in [5.41, 5.74) is 1.19. The number of rotatable bonds is 7. The second kappa shape index (κ2) is 8.55. The zero-order chi connectivity index (χ0) is 15.9. The molecular weight excluding hydrogens is 306 g/mol. The summed E-state index contributed by atoms with van der Waals surface area (Å²) in [7, 11) is 0. The molecule has 0 radical (unpaired) electrons. The first-order valence-corrected chi connectivity index (χ1v) is 9.24. The zero-order valence-corrected chi connectivity index (χ0v) is 14.3. The van der Waals surface area contributed by atoms with Crippen LogP contribution in [0.25, 0.3) is 10.6 Å². The Hall–Kier alpha value is -1.27. The van der Waals surface area contributed by atoms with Crippen molar-refractivity contribution in [3.8, 4) is 10.6 Å². The quantitative estimate of drug-likeness (QED) is 0.766. The van der Waals surface area contributed by atoms with E-state index in [9.17, 15) is 5.11 Å². The maximum atomic E-state index is 9.50. The fraction of sp³-hybridized carbons (Fsp3) is 0.500. The van der Waals surface area contributed by atoms with Gasteiger partial charge in [-0.2, -0.15) is 0 Å².